The summed E-state index contributed by atoms with van der Waals surface area (Å²) in [6.07, 6.45) is 3.98. The summed E-state index contributed by atoms with van der Waals surface area (Å²) in [5, 5.41) is 1.40. The van der Waals surface area contributed by atoms with Gasteiger partial charge in [0.2, 0.25) is 0 Å². The maximum Gasteiger partial charge on any atom is 0.250 e. The summed E-state index contributed by atoms with van der Waals surface area (Å²) in [6.45, 7) is 2.32. The van der Waals surface area contributed by atoms with E-state index in [-0.39, 0.29) is 12.5 Å². The van der Waals surface area contributed by atoms with Crippen LogP contribution in [0.2, 0.25) is 0 Å². The maximum atomic E-state index is 12.7. The van der Waals surface area contributed by atoms with Crippen LogP contribution in [0.15, 0.2) is 79.0 Å². The Labute approximate surface area is 160 Å². The van der Waals surface area contributed by atoms with Crippen molar-refractivity contribution in [1.29, 1.82) is 0 Å². The Balaban J connectivity index is 1.77. The molecule has 0 aliphatic rings. The molecule has 0 fully saturated rings. The van der Waals surface area contributed by atoms with Crippen LogP contribution in [0.1, 0.15) is 31.9 Å². The van der Waals surface area contributed by atoms with E-state index in [0.717, 1.165) is 35.3 Å². The molecule has 0 spiro atoms. The van der Waals surface area contributed by atoms with E-state index in [2.05, 4.69) is 24.0 Å². The number of anilines is 1. The molecule has 1 amide bonds. The minimum Gasteiger partial charge on any atom is -0.272 e. The minimum absolute atomic E-state index is 0.0414. The first kappa shape index (κ1) is 18.8. The summed E-state index contributed by atoms with van der Waals surface area (Å²) in [7, 11) is 0. The molecule has 0 N–H and O–H groups in total. The Bertz CT molecular complexity index is 833. The third kappa shape index (κ3) is 5.25. The minimum atomic E-state index is -0.0414. The Morgan fingerprint density at radius 1 is 0.926 bits per heavy atom. The first-order chi connectivity index (χ1) is 13.3. The van der Waals surface area contributed by atoms with Crippen LogP contribution in [0.25, 0.3) is 11.1 Å². The van der Waals surface area contributed by atoms with Crippen molar-refractivity contribution in [2.24, 2.45) is 0 Å². The van der Waals surface area contributed by atoms with Gasteiger partial charge in [-0.25, -0.2) is 0 Å². The predicted octanol–water partition coefficient (Wildman–Crippen LogP) is 5.40. The van der Waals surface area contributed by atoms with Crippen LogP contribution in [0.5, 0.6) is 0 Å². The molecule has 0 bridgehead atoms. The van der Waals surface area contributed by atoms with E-state index in [1.54, 1.807) is 6.20 Å². The molecule has 3 rings (SSSR count). The zero-order valence-electron chi connectivity index (χ0n) is 15.5. The second-order valence-electron chi connectivity index (χ2n) is 6.30. The van der Waals surface area contributed by atoms with E-state index in [1.807, 2.05) is 60.7 Å². The van der Waals surface area contributed by atoms with Crippen LogP contribution in [0.4, 0.5) is 5.69 Å². The molecule has 1 aromatic heterocycles. The van der Waals surface area contributed by atoms with Gasteiger partial charge in [-0.1, -0.05) is 61.9 Å². The fraction of sp³-hybridized carbons (Fsp3) is 0.217. The number of amides is 1. The van der Waals surface area contributed by atoms with Crippen LogP contribution in [0.3, 0.4) is 0 Å². The molecule has 0 saturated carbocycles. The Kier molecular flexibility index (Phi) is 6.72. The molecule has 4 heteroatoms. The predicted molar refractivity (Wildman–Crippen MR) is 108 cm³/mol. The lowest BCUT2D eigenvalue weighted by molar-refractivity contribution is -0.126. The number of carbonyl (C=O) groups excluding carboxylic acids is 1. The van der Waals surface area contributed by atoms with Crippen LogP contribution in [0, 0.1) is 0 Å². The number of benzene rings is 2. The number of nitrogens with zero attached hydrogens (tertiary/aromatic N) is 2. The lowest BCUT2D eigenvalue weighted by Crippen LogP contribution is -2.30. The van der Waals surface area contributed by atoms with Crippen LogP contribution >= 0.6 is 0 Å². The number of hydroxylamine groups is 1. The van der Waals surface area contributed by atoms with Gasteiger partial charge in [0.1, 0.15) is 6.61 Å². The number of carbonyl (C=O) groups is 1. The van der Waals surface area contributed by atoms with Crippen molar-refractivity contribution in [3.8, 4) is 11.1 Å². The summed E-state index contributed by atoms with van der Waals surface area (Å²) in [5.74, 6) is -0.0414. The van der Waals surface area contributed by atoms with Crippen LogP contribution in [-0.4, -0.2) is 10.9 Å². The molecule has 0 aliphatic heterocycles. The first-order valence-electron chi connectivity index (χ1n) is 9.29. The Morgan fingerprint density at radius 2 is 1.63 bits per heavy atom. The van der Waals surface area contributed by atoms with Gasteiger partial charge in [0.25, 0.3) is 5.91 Å². The fourth-order valence-electron chi connectivity index (χ4n) is 2.75. The van der Waals surface area contributed by atoms with E-state index in [4.69, 9.17) is 4.84 Å². The molecule has 27 heavy (non-hydrogen) atoms. The quantitative estimate of drug-likeness (QED) is 0.505. The lowest BCUT2D eigenvalue weighted by atomic mass is 10.1. The van der Waals surface area contributed by atoms with Gasteiger partial charge in [-0.3, -0.25) is 14.6 Å². The van der Waals surface area contributed by atoms with Gasteiger partial charge in [0, 0.05) is 12.6 Å². The van der Waals surface area contributed by atoms with E-state index in [9.17, 15) is 4.79 Å². The summed E-state index contributed by atoms with van der Waals surface area (Å²) in [4.78, 5) is 22.8. The highest BCUT2D eigenvalue weighted by Crippen LogP contribution is 2.24. The average molecular weight is 360 g/mol. The second kappa shape index (κ2) is 9.64. The number of unbranched alkanes of at least 4 members (excludes halogenated alkanes) is 1. The molecule has 4 nitrogen and oxygen atoms in total. The van der Waals surface area contributed by atoms with Gasteiger partial charge in [0.05, 0.1) is 11.4 Å². The number of rotatable bonds is 8. The molecule has 138 valence electrons. The van der Waals surface area contributed by atoms with E-state index < -0.39 is 0 Å². The largest absolute Gasteiger partial charge is 0.272 e. The van der Waals surface area contributed by atoms with Crippen molar-refractivity contribution in [2.45, 2.75) is 32.8 Å². The SMILES string of the molecule is CCCCC(=O)N(OCc1ccccn1)c1ccc(-c2ccccc2)cc1. The average Bonchev–Trinajstić information content (AvgIpc) is 2.74. The van der Waals surface area contributed by atoms with Crippen LogP contribution in [-0.2, 0) is 16.2 Å². The molecule has 3 aromatic rings. The van der Waals surface area contributed by atoms with Gasteiger partial charge < -0.3 is 0 Å². The van der Waals surface area contributed by atoms with Crippen LogP contribution < -0.4 is 5.06 Å². The van der Waals surface area contributed by atoms with Crippen molar-refractivity contribution >= 4 is 11.6 Å². The Hall–Kier alpha value is -2.98. The van der Waals surface area contributed by atoms with Crippen molar-refractivity contribution in [3.05, 3.63) is 84.7 Å². The number of hydrogen-bond acceptors (Lipinski definition) is 3. The number of hydrogen-bond donors (Lipinski definition) is 0. The maximum absolute atomic E-state index is 12.7. The molecule has 0 atom stereocenters. The molecular formula is C23H24N2O2. The zero-order chi connectivity index (χ0) is 18.9. The molecule has 0 unspecified atom stereocenters. The van der Waals surface area contributed by atoms with Crippen molar-refractivity contribution in [3.63, 3.8) is 0 Å². The van der Waals surface area contributed by atoms with E-state index in [1.165, 1.54) is 5.06 Å². The van der Waals surface area contributed by atoms with Crippen molar-refractivity contribution in [2.75, 3.05) is 5.06 Å². The molecular weight excluding hydrogens is 336 g/mol. The highest BCUT2D eigenvalue weighted by Gasteiger charge is 2.17. The topological polar surface area (TPSA) is 42.4 Å². The second-order valence-corrected chi connectivity index (χ2v) is 6.30. The normalized spacial score (nSPS) is 10.6. The first-order valence-corrected chi connectivity index (χ1v) is 9.29. The van der Waals surface area contributed by atoms with Gasteiger partial charge in [-0.15, -0.1) is 0 Å². The summed E-state index contributed by atoms with van der Waals surface area (Å²) >= 11 is 0. The molecule has 0 radical (unpaired) electrons. The highest BCUT2D eigenvalue weighted by molar-refractivity contribution is 5.91. The van der Waals surface area contributed by atoms with Crippen molar-refractivity contribution < 1.29 is 9.63 Å². The molecule has 0 saturated heterocycles. The summed E-state index contributed by atoms with van der Waals surface area (Å²) in [5.41, 5.74) is 3.76. The monoisotopic (exact) mass is 360 g/mol. The Morgan fingerprint density at radius 3 is 2.30 bits per heavy atom. The number of pyridine rings is 1. The smallest absolute Gasteiger partial charge is 0.250 e. The molecule has 1 heterocycles. The van der Waals surface area contributed by atoms with E-state index in [0.29, 0.717) is 6.42 Å². The van der Waals surface area contributed by atoms with Gasteiger partial charge >= 0.3 is 0 Å². The van der Waals surface area contributed by atoms with E-state index >= 15 is 0 Å². The number of aromatic nitrogens is 1. The summed E-state index contributed by atoms with van der Waals surface area (Å²) in [6, 6.07) is 23.7. The highest BCUT2D eigenvalue weighted by atomic mass is 16.7. The van der Waals surface area contributed by atoms with Crippen molar-refractivity contribution in [1.82, 2.24) is 4.98 Å². The standard InChI is InChI=1S/C23H24N2O2/c1-2-3-12-23(26)25(27-18-21-11-7-8-17-24-21)22-15-13-20(14-16-22)19-9-5-4-6-10-19/h4-11,13-17H,2-3,12,18H2,1H3. The lowest BCUT2D eigenvalue weighted by Gasteiger charge is -2.22. The fourth-order valence-corrected chi connectivity index (χ4v) is 2.75. The molecule has 0 aliphatic carbocycles. The van der Waals surface area contributed by atoms with Gasteiger partial charge in [-0.2, -0.15) is 5.06 Å². The third-order valence-electron chi connectivity index (χ3n) is 4.25. The van der Waals surface area contributed by atoms with Gasteiger partial charge in [0.15, 0.2) is 0 Å². The molecule has 2 aromatic carbocycles. The summed E-state index contributed by atoms with van der Waals surface area (Å²) < 4.78 is 0. The zero-order valence-corrected chi connectivity index (χ0v) is 15.5. The third-order valence-corrected chi connectivity index (χ3v) is 4.25. The van der Waals surface area contributed by atoms with Gasteiger partial charge in [-0.05, 0) is 41.8 Å².